The Balaban J connectivity index is 1.90. The van der Waals surface area contributed by atoms with Crippen LogP contribution in [0.4, 0.5) is 0 Å². The lowest BCUT2D eigenvalue weighted by atomic mass is 9.92. The van der Waals surface area contributed by atoms with Gasteiger partial charge in [-0.3, -0.25) is 4.90 Å². The minimum Gasteiger partial charge on any atom is -0.298 e. The van der Waals surface area contributed by atoms with Crippen LogP contribution in [0.15, 0.2) is 0 Å². The molecule has 0 bridgehead atoms. The Hall–Kier alpha value is -0.0400. The smallest absolute Gasteiger partial charge is 0.00980 e. The molecule has 0 amide bonds. The van der Waals surface area contributed by atoms with E-state index in [0.29, 0.717) is 0 Å². The first-order valence-corrected chi connectivity index (χ1v) is 8.13. The summed E-state index contributed by atoms with van der Waals surface area (Å²) in [6, 6.07) is 1.77. The highest BCUT2D eigenvalue weighted by atomic mass is 15.2. The first-order chi connectivity index (χ1) is 8.38. The number of rotatable bonds is 1. The summed E-state index contributed by atoms with van der Waals surface area (Å²) in [5, 5.41) is 0. The predicted octanol–water partition coefficient (Wildman–Crippen LogP) is 4.75. The maximum atomic E-state index is 2.88. The molecule has 1 aliphatic carbocycles. The van der Waals surface area contributed by atoms with Crippen molar-refractivity contribution in [3.05, 3.63) is 0 Å². The van der Waals surface area contributed by atoms with Crippen molar-refractivity contribution in [2.24, 2.45) is 0 Å². The Bertz CT molecular complexity index is 194. The van der Waals surface area contributed by atoms with Gasteiger partial charge in [0.05, 0.1) is 0 Å². The van der Waals surface area contributed by atoms with Gasteiger partial charge in [-0.2, -0.15) is 0 Å². The van der Waals surface area contributed by atoms with Gasteiger partial charge in [0.25, 0.3) is 0 Å². The van der Waals surface area contributed by atoms with E-state index in [4.69, 9.17) is 0 Å². The molecule has 1 heterocycles. The van der Waals surface area contributed by atoms with Crippen molar-refractivity contribution in [2.45, 2.75) is 96.1 Å². The summed E-state index contributed by atoms with van der Waals surface area (Å²) in [5.74, 6) is 0. The molecule has 0 radical (unpaired) electrons. The summed E-state index contributed by atoms with van der Waals surface area (Å²) >= 11 is 0. The molecule has 2 aliphatic rings. The minimum atomic E-state index is 0.847. The van der Waals surface area contributed by atoms with Crippen molar-refractivity contribution in [3.8, 4) is 0 Å². The van der Waals surface area contributed by atoms with Gasteiger partial charge in [-0.25, -0.2) is 0 Å². The summed E-state index contributed by atoms with van der Waals surface area (Å²) in [4.78, 5) is 2.88. The molecule has 1 nitrogen and oxygen atoms in total. The largest absolute Gasteiger partial charge is 0.298 e. The molecule has 0 aromatic carbocycles. The van der Waals surface area contributed by atoms with Gasteiger partial charge in [-0.05, 0) is 39.2 Å². The van der Waals surface area contributed by atoms with Gasteiger partial charge in [0.2, 0.25) is 0 Å². The average molecular weight is 237 g/mol. The molecule has 1 saturated carbocycles. The van der Waals surface area contributed by atoms with Crippen LogP contribution in [0.2, 0.25) is 0 Å². The Kier molecular flexibility index (Phi) is 5.84. The fourth-order valence-corrected chi connectivity index (χ4v) is 3.78. The maximum absolute atomic E-state index is 2.88. The third-order valence-electron chi connectivity index (χ3n) is 4.90. The molecule has 1 unspecified atom stereocenters. The van der Waals surface area contributed by atoms with Crippen LogP contribution in [0.5, 0.6) is 0 Å². The van der Waals surface area contributed by atoms with E-state index in [1.54, 1.807) is 0 Å². The number of likely N-dealkylation sites (tertiary alicyclic amines) is 1. The van der Waals surface area contributed by atoms with Gasteiger partial charge in [0, 0.05) is 12.1 Å². The molecular formula is C16H31N. The number of nitrogens with zero attached hydrogens (tertiary/aromatic N) is 1. The molecular weight excluding hydrogens is 206 g/mol. The summed E-state index contributed by atoms with van der Waals surface area (Å²) in [7, 11) is 0. The third kappa shape index (κ3) is 4.28. The zero-order chi connectivity index (χ0) is 11.9. The van der Waals surface area contributed by atoms with Crippen molar-refractivity contribution < 1.29 is 0 Å². The zero-order valence-corrected chi connectivity index (χ0v) is 11.8. The van der Waals surface area contributed by atoms with Crippen molar-refractivity contribution >= 4 is 0 Å². The van der Waals surface area contributed by atoms with Gasteiger partial charge in [-0.15, -0.1) is 0 Å². The fourth-order valence-electron chi connectivity index (χ4n) is 3.78. The van der Waals surface area contributed by atoms with E-state index in [0.717, 1.165) is 12.1 Å². The molecule has 1 heteroatoms. The van der Waals surface area contributed by atoms with Crippen LogP contribution in [0.3, 0.4) is 0 Å². The molecule has 0 aromatic rings. The lowest BCUT2D eigenvalue weighted by Gasteiger charge is -2.39. The van der Waals surface area contributed by atoms with Crippen LogP contribution in [0.1, 0.15) is 84.0 Å². The normalized spacial score (nSPS) is 31.2. The van der Waals surface area contributed by atoms with Gasteiger partial charge >= 0.3 is 0 Å². The highest BCUT2D eigenvalue weighted by molar-refractivity contribution is 4.79. The van der Waals surface area contributed by atoms with E-state index in [1.165, 1.54) is 83.6 Å². The molecule has 2 fully saturated rings. The Morgan fingerprint density at radius 1 is 0.647 bits per heavy atom. The van der Waals surface area contributed by atoms with Crippen molar-refractivity contribution in [1.29, 1.82) is 0 Å². The summed E-state index contributed by atoms with van der Waals surface area (Å²) in [5.41, 5.74) is 0. The molecule has 1 aliphatic heterocycles. The first-order valence-electron chi connectivity index (χ1n) is 8.13. The molecule has 1 atom stereocenters. The zero-order valence-electron chi connectivity index (χ0n) is 11.8. The van der Waals surface area contributed by atoms with Crippen LogP contribution >= 0.6 is 0 Å². The highest BCUT2D eigenvalue weighted by Gasteiger charge is 2.24. The standard InChI is InChI=1S/C16H31N/c1-15-11-7-5-6-10-14-17(15)16-12-8-3-2-4-9-13-16/h15-16H,2-14H2,1H3. The Morgan fingerprint density at radius 3 is 1.88 bits per heavy atom. The van der Waals surface area contributed by atoms with E-state index in [9.17, 15) is 0 Å². The van der Waals surface area contributed by atoms with Crippen molar-refractivity contribution in [2.75, 3.05) is 6.54 Å². The van der Waals surface area contributed by atoms with Gasteiger partial charge in [0.1, 0.15) is 0 Å². The maximum Gasteiger partial charge on any atom is 0.00980 e. The average Bonchev–Trinajstić information content (AvgIpc) is 2.26. The van der Waals surface area contributed by atoms with Crippen LogP contribution in [0.25, 0.3) is 0 Å². The van der Waals surface area contributed by atoms with Crippen LogP contribution < -0.4 is 0 Å². The van der Waals surface area contributed by atoms with E-state index in [1.807, 2.05) is 0 Å². The van der Waals surface area contributed by atoms with E-state index in [-0.39, 0.29) is 0 Å². The molecule has 17 heavy (non-hydrogen) atoms. The topological polar surface area (TPSA) is 3.24 Å². The molecule has 0 aromatic heterocycles. The van der Waals surface area contributed by atoms with Gasteiger partial charge in [-0.1, -0.05) is 51.4 Å². The second-order valence-corrected chi connectivity index (χ2v) is 6.29. The third-order valence-corrected chi connectivity index (χ3v) is 4.90. The van der Waals surface area contributed by atoms with E-state index in [2.05, 4.69) is 11.8 Å². The fraction of sp³-hybridized carbons (Fsp3) is 1.00. The second-order valence-electron chi connectivity index (χ2n) is 6.29. The van der Waals surface area contributed by atoms with Crippen molar-refractivity contribution in [1.82, 2.24) is 4.90 Å². The first kappa shape index (κ1) is 13.4. The van der Waals surface area contributed by atoms with Crippen LogP contribution in [-0.2, 0) is 0 Å². The SMILES string of the molecule is CC1CCCCCCN1C1CCCCCCC1. The van der Waals surface area contributed by atoms with Crippen LogP contribution in [-0.4, -0.2) is 23.5 Å². The Morgan fingerprint density at radius 2 is 1.18 bits per heavy atom. The molecule has 1 saturated heterocycles. The van der Waals surface area contributed by atoms with Gasteiger partial charge in [0.15, 0.2) is 0 Å². The lowest BCUT2D eigenvalue weighted by Crippen LogP contribution is -2.43. The quantitative estimate of drug-likeness (QED) is 0.636. The monoisotopic (exact) mass is 237 g/mol. The van der Waals surface area contributed by atoms with E-state index >= 15 is 0 Å². The second kappa shape index (κ2) is 7.41. The molecule has 0 N–H and O–H groups in total. The predicted molar refractivity (Wildman–Crippen MR) is 75.4 cm³/mol. The minimum absolute atomic E-state index is 0.847. The Labute approximate surface area is 108 Å². The van der Waals surface area contributed by atoms with Crippen LogP contribution in [0, 0.1) is 0 Å². The van der Waals surface area contributed by atoms with E-state index < -0.39 is 0 Å². The number of hydrogen-bond acceptors (Lipinski definition) is 1. The summed E-state index contributed by atoms with van der Waals surface area (Å²) in [6.07, 6.45) is 17.7. The number of hydrogen-bond donors (Lipinski definition) is 0. The highest BCUT2D eigenvalue weighted by Crippen LogP contribution is 2.26. The summed E-state index contributed by atoms with van der Waals surface area (Å²) in [6.45, 7) is 3.86. The molecule has 100 valence electrons. The van der Waals surface area contributed by atoms with Gasteiger partial charge < -0.3 is 0 Å². The molecule has 2 rings (SSSR count). The summed E-state index contributed by atoms with van der Waals surface area (Å²) < 4.78 is 0. The lowest BCUT2D eigenvalue weighted by molar-refractivity contribution is 0.103. The van der Waals surface area contributed by atoms with Crippen molar-refractivity contribution in [3.63, 3.8) is 0 Å². The molecule has 0 spiro atoms.